The molecule has 0 heterocycles. The van der Waals surface area contributed by atoms with Crippen molar-refractivity contribution in [1.29, 1.82) is 5.26 Å². The molecule has 0 bridgehead atoms. The van der Waals surface area contributed by atoms with Crippen molar-refractivity contribution in [3.63, 3.8) is 0 Å². The Morgan fingerprint density at radius 1 is 0.812 bits per heavy atom. The number of nitriles is 1. The minimum absolute atomic E-state index is 0.0826. The van der Waals surface area contributed by atoms with Crippen molar-refractivity contribution in [3.05, 3.63) is 71.8 Å². The SMILES string of the molecule is CC1(C#N)CC(COCc2ccccc2)C1.CC1(CN)CC(COCc2ccccc2)C1. The van der Waals surface area contributed by atoms with Gasteiger partial charge in [0.05, 0.1) is 24.7 Å². The van der Waals surface area contributed by atoms with Gasteiger partial charge in [-0.2, -0.15) is 5.26 Å². The lowest BCUT2D eigenvalue weighted by atomic mass is 9.63. The fourth-order valence-electron chi connectivity index (χ4n) is 4.88. The highest BCUT2D eigenvalue weighted by atomic mass is 16.5. The zero-order valence-electron chi connectivity index (χ0n) is 19.6. The third-order valence-electron chi connectivity index (χ3n) is 6.73. The van der Waals surface area contributed by atoms with E-state index in [-0.39, 0.29) is 5.41 Å². The van der Waals surface area contributed by atoms with Gasteiger partial charge in [-0.1, -0.05) is 67.6 Å². The molecule has 0 unspecified atom stereocenters. The molecule has 0 spiro atoms. The average Bonchev–Trinajstić information content (AvgIpc) is 2.78. The highest BCUT2D eigenvalue weighted by Gasteiger charge is 2.40. The standard InChI is InChI=1S/C14H21NO.C14H17NO/c2*1-14(11-15)7-13(8-14)10-16-9-12-5-3-2-4-6-12/h2-6,13H,7-11,15H2,1H3;2-6,13H,7-10H2,1H3. The van der Waals surface area contributed by atoms with Crippen LogP contribution in [0, 0.1) is 34.0 Å². The number of hydrogen-bond donors (Lipinski definition) is 1. The van der Waals surface area contributed by atoms with Crippen molar-refractivity contribution < 1.29 is 9.47 Å². The molecule has 2 aliphatic carbocycles. The summed E-state index contributed by atoms with van der Waals surface area (Å²) in [6.07, 6.45) is 4.41. The molecule has 4 heteroatoms. The van der Waals surface area contributed by atoms with E-state index in [0.717, 1.165) is 45.1 Å². The van der Waals surface area contributed by atoms with E-state index < -0.39 is 0 Å². The maximum absolute atomic E-state index is 8.88. The van der Waals surface area contributed by atoms with Gasteiger partial charge in [-0.05, 0) is 67.5 Å². The molecular formula is C28H38N2O2. The third-order valence-corrected chi connectivity index (χ3v) is 6.73. The Hall–Kier alpha value is -2.19. The molecule has 0 aromatic heterocycles. The van der Waals surface area contributed by atoms with Crippen LogP contribution in [0.25, 0.3) is 0 Å². The molecule has 32 heavy (non-hydrogen) atoms. The molecule has 0 atom stereocenters. The fourth-order valence-corrected chi connectivity index (χ4v) is 4.88. The van der Waals surface area contributed by atoms with E-state index in [1.807, 2.05) is 43.3 Å². The summed E-state index contributed by atoms with van der Waals surface area (Å²) in [5.74, 6) is 1.30. The topological polar surface area (TPSA) is 68.3 Å². The lowest BCUT2D eigenvalue weighted by molar-refractivity contribution is -0.00392. The van der Waals surface area contributed by atoms with Crippen LogP contribution in [0.15, 0.2) is 60.7 Å². The Labute approximate surface area is 193 Å². The molecule has 2 aromatic carbocycles. The molecule has 2 fully saturated rings. The Balaban J connectivity index is 0.000000181. The van der Waals surface area contributed by atoms with Crippen LogP contribution in [0.2, 0.25) is 0 Å². The minimum atomic E-state index is -0.0826. The van der Waals surface area contributed by atoms with Crippen molar-refractivity contribution >= 4 is 0 Å². The third kappa shape index (κ3) is 7.45. The van der Waals surface area contributed by atoms with Gasteiger partial charge in [0.1, 0.15) is 0 Å². The first-order valence-corrected chi connectivity index (χ1v) is 11.8. The van der Waals surface area contributed by atoms with Gasteiger partial charge in [0, 0.05) is 13.2 Å². The fraction of sp³-hybridized carbons (Fsp3) is 0.536. The highest BCUT2D eigenvalue weighted by Crippen LogP contribution is 2.45. The van der Waals surface area contributed by atoms with Crippen LogP contribution in [0.5, 0.6) is 0 Å². The summed E-state index contributed by atoms with van der Waals surface area (Å²) in [4.78, 5) is 0. The van der Waals surface area contributed by atoms with Crippen LogP contribution >= 0.6 is 0 Å². The van der Waals surface area contributed by atoms with E-state index in [4.69, 9.17) is 20.5 Å². The van der Waals surface area contributed by atoms with Crippen LogP contribution in [0.1, 0.15) is 50.7 Å². The lowest BCUT2D eigenvalue weighted by Gasteiger charge is -2.44. The number of hydrogen-bond acceptors (Lipinski definition) is 4. The molecule has 0 amide bonds. The number of rotatable bonds is 9. The summed E-state index contributed by atoms with van der Waals surface area (Å²) in [6, 6.07) is 22.9. The molecule has 4 rings (SSSR count). The molecule has 4 nitrogen and oxygen atoms in total. The van der Waals surface area contributed by atoms with Crippen LogP contribution < -0.4 is 5.73 Å². The second-order valence-corrected chi connectivity index (χ2v) is 10.2. The number of ether oxygens (including phenoxy) is 2. The quantitative estimate of drug-likeness (QED) is 0.548. The van der Waals surface area contributed by atoms with Crippen molar-refractivity contribution in [2.24, 2.45) is 28.4 Å². The number of benzene rings is 2. The van der Waals surface area contributed by atoms with Crippen LogP contribution in [-0.4, -0.2) is 19.8 Å². The highest BCUT2D eigenvalue weighted by molar-refractivity contribution is 5.14. The van der Waals surface area contributed by atoms with Gasteiger partial charge < -0.3 is 15.2 Å². The zero-order valence-corrected chi connectivity index (χ0v) is 19.6. The first-order chi connectivity index (χ1) is 15.4. The second-order valence-electron chi connectivity index (χ2n) is 10.2. The zero-order chi connectivity index (χ0) is 22.9. The Morgan fingerprint density at radius 2 is 1.25 bits per heavy atom. The van der Waals surface area contributed by atoms with Gasteiger partial charge in [-0.3, -0.25) is 0 Å². The van der Waals surface area contributed by atoms with Crippen molar-refractivity contribution in [1.82, 2.24) is 0 Å². The summed E-state index contributed by atoms with van der Waals surface area (Å²) in [7, 11) is 0. The van der Waals surface area contributed by atoms with Gasteiger partial charge in [-0.15, -0.1) is 0 Å². The molecule has 0 saturated heterocycles. The summed E-state index contributed by atoms with van der Waals surface area (Å²) >= 11 is 0. The van der Waals surface area contributed by atoms with Gasteiger partial charge in [0.25, 0.3) is 0 Å². The van der Waals surface area contributed by atoms with E-state index >= 15 is 0 Å². The molecule has 0 aliphatic heterocycles. The number of nitrogens with zero attached hydrogens (tertiary/aromatic N) is 1. The first kappa shape index (κ1) is 24.5. The van der Waals surface area contributed by atoms with E-state index in [0.29, 0.717) is 17.9 Å². The number of nitrogens with two attached hydrogens (primary N) is 1. The average molecular weight is 435 g/mol. The summed E-state index contributed by atoms with van der Waals surface area (Å²) in [6.45, 7) is 8.18. The largest absolute Gasteiger partial charge is 0.376 e. The van der Waals surface area contributed by atoms with Crippen molar-refractivity contribution in [3.8, 4) is 6.07 Å². The maximum atomic E-state index is 8.88. The predicted octanol–water partition coefficient (Wildman–Crippen LogP) is 5.72. The Morgan fingerprint density at radius 3 is 1.66 bits per heavy atom. The normalized spacial score (nSPS) is 28.4. The van der Waals surface area contributed by atoms with Crippen LogP contribution in [-0.2, 0) is 22.7 Å². The van der Waals surface area contributed by atoms with E-state index in [9.17, 15) is 0 Å². The maximum Gasteiger partial charge on any atom is 0.0717 e. The molecule has 0 radical (unpaired) electrons. The molecule has 2 aromatic rings. The second kappa shape index (κ2) is 11.6. The van der Waals surface area contributed by atoms with Gasteiger partial charge in [-0.25, -0.2) is 0 Å². The predicted molar refractivity (Wildman–Crippen MR) is 129 cm³/mol. The minimum Gasteiger partial charge on any atom is -0.376 e. The smallest absolute Gasteiger partial charge is 0.0717 e. The molecule has 2 N–H and O–H groups in total. The van der Waals surface area contributed by atoms with Crippen molar-refractivity contribution in [2.75, 3.05) is 19.8 Å². The summed E-state index contributed by atoms with van der Waals surface area (Å²) < 4.78 is 11.4. The molecule has 2 saturated carbocycles. The van der Waals surface area contributed by atoms with E-state index in [1.165, 1.54) is 24.0 Å². The Kier molecular flexibility index (Phi) is 8.87. The Bertz CT molecular complexity index is 835. The van der Waals surface area contributed by atoms with Gasteiger partial charge in [0.2, 0.25) is 0 Å². The summed E-state index contributed by atoms with van der Waals surface area (Å²) in [5, 5.41) is 8.88. The molecule has 172 valence electrons. The summed E-state index contributed by atoms with van der Waals surface area (Å²) in [5.41, 5.74) is 8.48. The first-order valence-electron chi connectivity index (χ1n) is 11.8. The van der Waals surface area contributed by atoms with E-state index in [1.54, 1.807) is 0 Å². The monoisotopic (exact) mass is 434 g/mol. The van der Waals surface area contributed by atoms with E-state index in [2.05, 4.69) is 37.3 Å². The molecule has 2 aliphatic rings. The van der Waals surface area contributed by atoms with Crippen LogP contribution in [0.3, 0.4) is 0 Å². The van der Waals surface area contributed by atoms with Gasteiger partial charge in [0.15, 0.2) is 0 Å². The lowest BCUT2D eigenvalue weighted by Crippen LogP contribution is -2.42. The van der Waals surface area contributed by atoms with Gasteiger partial charge >= 0.3 is 0 Å². The van der Waals surface area contributed by atoms with Crippen LogP contribution in [0.4, 0.5) is 0 Å². The molecular weight excluding hydrogens is 396 g/mol. The van der Waals surface area contributed by atoms with Crippen molar-refractivity contribution in [2.45, 2.75) is 52.7 Å².